The molecule has 20 heavy (non-hydrogen) atoms. The van der Waals surface area contributed by atoms with Crippen LogP contribution in [0.1, 0.15) is 39.8 Å². The van der Waals surface area contributed by atoms with E-state index >= 15 is 0 Å². The van der Waals surface area contributed by atoms with Gasteiger partial charge in [0.1, 0.15) is 5.69 Å². The summed E-state index contributed by atoms with van der Waals surface area (Å²) in [6, 6.07) is 6.14. The van der Waals surface area contributed by atoms with Crippen LogP contribution in [0, 0.1) is 0 Å². The maximum absolute atomic E-state index is 11.5. The lowest BCUT2D eigenvalue weighted by molar-refractivity contribution is 0.0594. The monoisotopic (exact) mass is 288 g/mol. The molecule has 3 rings (SSSR count). The summed E-state index contributed by atoms with van der Waals surface area (Å²) >= 11 is 1.82. The van der Waals surface area contributed by atoms with Crippen molar-refractivity contribution in [2.75, 3.05) is 12.4 Å². The number of nitrogens with zero attached hydrogens (tertiary/aromatic N) is 1. The molecule has 1 unspecified atom stereocenters. The van der Waals surface area contributed by atoms with Crippen LogP contribution in [0.3, 0.4) is 0 Å². The highest BCUT2D eigenvalue weighted by Gasteiger charge is 2.21. The SMILES string of the molecule is COC(=O)c1cc(NC2CCCc3sccc32)ccn1. The predicted octanol–water partition coefficient (Wildman–Crippen LogP) is 3.42. The molecule has 0 aliphatic heterocycles. The van der Waals surface area contributed by atoms with Crippen molar-refractivity contribution in [3.8, 4) is 0 Å². The molecule has 1 N–H and O–H groups in total. The number of thiophene rings is 1. The summed E-state index contributed by atoms with van der Waals surface area (Å²) in [5, 5.41) is 5.65. The molecule has 0 aromatic carbocycles. The van der Waals surface area contributed by atoms with E-state index in [4.69, 9.17) is 4.74 Å². The number of nitrogens with one attached hydrogen (secondary N) is 1. The quantitative estimate of drug-likeness (QED) is 0.879. The van der Waals surface area contributed by atoms with E-state index in [2.05, 4.69) is 21.7 Å². The van der Waals surface area contributed by atoms with Crippen LogP contribution in [0.2, 0.25) is 0 Å². The van der Waals surface area contributed by atoms with Gasteiger partial charge in [-0.25, -0.2) is 9.78 Å². The number of hydrogen-bond donors (Lipinski definition) is 1. The second kappa shape index (κ2) is 5.63. The maximum Gasteiger partial charge on any atom is 0.356 e. The van der Waals surface area contributed by atoms with Crippen molar-refractivity contribution < 1.29 is 9.53 Å². The number of esters is 1. The Morgan fingerprint density at radius 1 is 1.50 bits per heavy atom. The zero-order valence-corrected chi connectivity index (χ0v) is 12.1. The van der Waals surface area contributed by atoms with E-state index in [1.807, 2.05) is 17.4 Å². The van der Waals surface area contributed by atoms with Gasteiger partial charge < -0.3 is 10.1 Å². The summed E-state index contributed by atoms with van der Waals surface area (Å²) in [6.07, 6.45) is 5.11. The molecule has 0 amide bonds. The minimum atomic E-state index is -0.409. The van der Waals surface area contributed by atoms with Crippen LogP contribution < -0.4 is 5.32 Å². The van der Waals surface area contributed by atoms with Crippen LogP contribution in [-0.2, 0) is 11.2 Å². The molecule has 2 aromatic rings. The van der Waals surface area contributed by atoms with E-state index in [-0.39, 0.29) is 0 Å². The standard InChI is InChI=1S/C15H16N2O2S/c1-19-15(18)13-9-10(5-7-16-13)17-12-3-2-4-14-11(12)6-8-20-14/h5-9,12H,2-4H2,1H3,(H,16,17). The predicted molar refractivity (Wildman–Crippen MR) is 79.2 cm³/mol. The van der Waals surface area contributed by atoms with Gasteiger partial charge in [-0.3, -0.25) is 0 Å². The highest BCUT2D eigenvalue weighted by Crippen LogP contribution is 2.35. The first-order valence-electron chi connectivity index (χ1n) is 6.65. The van der Waals surface area contributed by atoms with Gasteiger partial charge >= 0.3 is 5.97 Å². The summed E-state index contributed by atoms with van der Waals surface area (Å²) in [5.74, 6) is -0.409. The lowest BCUT2D eigenvalue weighted by atomic mass is 9.94. The molecule has 1 atom stereocenters. The molecular weight excluding hydrogens is 272 g/mol. The van der Waals surface area contributed by atoms with Crippen LogP contribution in [0.25, 0.3) is 0 Å². The van der Waals surface area contributed by atoms with Crippen molar-refractivity contribution in [1.82, 2.24) is 4.98 Å². The van der Waals surface area contributed by atoms with Crippen LogP contribution in [0.5, 0.6) is 0 Å². The van der Waals surface area contributed by atoms with Gasteiger partial charge in [-0.1, -0.05) is 0 Å². The molecule has 0 saturated heterocycles. The minimum absolute atomic E-state index is 0.317. The fraction of sp³-hybridized carbons (Fsp3) is 0.333. The molecule has 1 aliphatic carbocycles. The Morgan fingerprint density at radius 3 is 3.25 bits per heavy atom. The van der Waals surface area contributed by atoms with Gasteiger partial charge in [-0.05, 0) is 48.4 Å². The number of methoxy groups -OCH3 is 1. The van der Waals surface area contributed by atoms with Crippen molar-refractivity contribution in [3.05, 3.63) is 45.9 Å². The van der Waals surface area contributed by atoms with Crippen molar-refractivity contribution in [2.24, 2.45) is 0 Å². The van der Waals surface area contributed by atoms with Crippen molar-refractivity contribution in [3.63, 3.8) is 0 Å². The number of rotatable bonds is 3. The van der Waals surface area contributed by atoms with E-state index < -0.39 is 5.97 Å². The van der Waals surface area contributed by atoms with Gasteiger partial charge in [-0.2, -0.15) is 0 Å². The highest BCUT2D eigenvalue weighted by atomic mass is 32.1. The number of aromatic nitrogens is 1. The Labute approximate surface area is 121 Å². The van der Waals surface area contributed by atoms with Crippen molar-refractivity contribution in [1.29, 1.82) is 0 Å². The number of carbonyl (C=O) groups excluding carboxylic acids is 1. The Balaban J connectivity index is 1.81. The first kappa shape index (κ1) is 13.1. The summed E-state index contributed by atoms with van der Waals surface area (Å²) < 4.78 is 4.70. The summed E-state index contributed by atoms with van der Waals surface area (Å²) in [7, 11) is 1.36. The van der Waals surface area contributed by atoms with Gasteiger partial charge in [0, 0.05) is 16.8 Å². The number of anilines is 1. The van der Waals surface area contributed by atoms with Crippen LogP contribution >= 0.6 is 11.3 Å². The van der Waals surface area contributed by atoms with E-state index in [0.717, 1.165) is 12.1 Å². The van der Waals surface area contributed by atoms with Gasteiger partial charge in [0.25, 0.3) is 0 Å². The van der Waals surface area contributed by atoms with Crippen molar-refractivity contribution >= 4 is 23.0 Å². The number of fused-ring (bicyclic) bond motifs is 1. The Hall–Kier alpha value is -1.88. The molecule has 0 spiro atoms. The number of carbonyl (C=O) groups is 1. The largest absolute Gasteiger partial charge is 0.464 e. The molecule has 2 aromatic heterocycles. The third-order valence-electron chi connectivity index (χ3n) is 3.55. The van der Waals surface area contributed by atoms with E-state index in [1.165, 1.54) is 30.4 Å². The van der Waals surface area contributed by atoms with Crippen LogP contribution in [-0.4, -0.2) is 18.1 Å². The van der Waals surface area contributed by atoms with Crippen LogP contribution in [0.15, 0.2) is 29.8 Å². The van der Waals surface area contributed by atoms with Crippen molar-refractivity contribution in [2.45, 2.75) is 25.3 Å². The Morgan fingerprint density at radius 2 is 2.40 bits per heavy atom. The highest BCUT2D eigenvalue weighted by molar-refractivity contribution is 7.10. The van der Waals surface area contributed by atoms with Gasteiger partial charge in [0.2, 0.25) is 0 Å². The fourth-order valence-corrected chi connectivity index (χ4v) is 3.56. The molecule has 2 heterocycles. The third kappa shape index (κ3) is 2.54. The molecule has 104 valence electrons. The first-order valence-corrected chi connectivity index (χ1v) is 7.53. The number of aryl methyl sites for hydroxylation is 1. The number of pyridine rings is 1. The molecule has 1 aliphatic rings. The average molecular weight is 288 g/mol. The molecular formula is C15H16N2O2S. The first-order chi connectivity index (χ1) is 9.78. The average Bonchev–Trinajstić information content (AvgIpc) is 2.96. The third-order valence-corrected chi connectivity index (χ3v) is 4.54. The summed E-state index contributed by atoms with van der Waals surface area (Å²) in [5.41, 5.74) is 2.63. The molecule has 0 saturated carbocycles. The minimum Gasteiger partial charge on any atom is -0.464 e. The number of hydrogen-bond acceptors (Lipinski definition) is 5. The second-order valence-corrected chi connectivity index (χ2v) is 5.81. The lowest BCUT2D eigenvalue weighted by Crippen LogP contribution is -2.16. The topological polar surface area (TPSA) is 51.2 Å². The molecule has 0 fully saturated rings. The summed E-state index contributed by atoms with van der Waals surface area (Å²) in [6.45, 7) is 0. The Bertz CT molecular complexity index is 624. The maximum atomic E-state index is 11.5. The summed E-state index contributed by atoms with van der Waals surface area (Å²) in [4.78, 5) is 17.0. The van der Waals surface area contributed by atoms with E-state index in [0.29, 0.717) is 11.7 Å². The van der Waals surface area contributed by atoms with Crippen LogP contribution in [0.4, 0.5) is 5.69 Å². The molecule has 0 radical (unpaired) electrons. The smallest absolute Gasteiger partial charge is 0.356 e. The van der Waals surface area contributed by atoms with E-state index in [9.17, 15) is 4.79 Å². The molecule has 0 bridgehead atoms. The van der Waals surface area contributed by atoms with Gasteiger partial charge in [0.15, 0.2) is 0 Å². The fourth-order valence-electron chi connectivity index (χ4n) is 2.57. The second-order valence-electron chi connectivity index (χ2n) is 4.81. The molecule has 4 nitrogen and oxygen atoms in total. The zero-order valence-electron chi connectivity index (χ0n) is 11.3. The zero-order chi connectivity index (χ0) is 13.9. The molecule has 5 heteroatoms. The lowest BCUT2D eigenvalue weighted by Gasteiger charge is -2.24. The number of ether oxygens (including phenoxy) is 1. The van der Waals surface area contributed by atoms with Gasteiger partial charge in [0.05, 0.1) is 13.2 Å². The van der Waals surface area contributed by atoms with Gasteiger partial charge in [-0.15, -0.1) is 11.3 Å². The Kier molecular flexibility index (Phi) is 3.69. The van der Waals surface area contributed by atoms with E-state index in [1.54, 1.807) is 12.3 Å². The normalized spacial score (nSPS) is 17.4.